The second kappa shape index (κ2) is 4.82. The monoisotopic (exact) mass is 259 g/mol. The van der Waals surface area contributed by atoms with Crippen LogP contribution in [0.5, 0.6) is 5.75 Å². The molecule has 19 heavy (non-hydrogen) atoms. The van der Waals surface area contributed by atoms with Gasteiger partial charge in [0.25, 0.3) is 0 Å². The fraction of sp³-hybridized carbons (Fsp3) is 0.647. The average molecular weight is 259 g/mol. The lowest BCUT2D eigenvalue weighted by molar-refractivity contribution is 0.381. The molecular weight excluding hydrogens is 234 g/mol. The zero-order chi connectivity index (χ0) is 13.6. The third-order valence-corrected chi connectivity index (χ3v) is 5.42. The molecule has 2 fully saturated rings. The van der Waals surface area contributed by atoms with Crippen molar-refractivity contribution in [3.8, 4) is 5.75 Å². The lowest BCUT2D eigenvalue weighted by Crippen LogP contribution is -2.21. The fourth-order valence-corrected chi connectivity index (χ4v) is 4.25. The summed E-state index contributed by atoms with van der Waals surface area (Å²) < 4.78 is 5.70. The molecule has 0 aromatic heterocycles. The van der Waals surface area contributed by atoms with Crippen molar-refractivity contribution in [3.63, 3.8) is 0 Å². The van der Waals surface area contributed by atoms with Crippen molar-refractivity contribution in [3.05, 3.63) is 28.8 Å². The minimum absolute atomic E-state index is 0.463. The minimum atomic E-state index is 0.463. The van der Waals surface area contributed by atoms with Crippen molar-refractivity contribution in [1.82, 2.24) is 5.32 Å². The molecule has 0 bridgehead atoms. The van der Waals surface area contributed by atoms with Gasteiger partial charge in [-0.25, -0.2) is 0 Å². The molecule has 1 aromatic carbocycles. The van der Waals surface area contributed by atoms with Gasteiger partial charge in [-0.05, 0) is 62.6 Å². The van der Waals surface area contributed by atoms with Crippen LogP contribution in [0.3, 0.4) is 0 Å². The van der Waals surface area contributed by atoms with Crippen LogP contribution in [0.25, 0.3) is 0 Å². The van der Waals surface area contributed by atoms with Crippen LogP contribution in [0.2, 0.25) is 0 Å². The highest BCUT2D eigenvalue weighted by Crippen LogP contribution is 2.62. The molecule has 0 saturated heterocycles. The largest absolute Gasteiger partial charge is 0.496 e. The number of rotatable bonds is 4. The summed E-state index contributed by atoms with van der Waals surface area (Å²) in [6.07, 6.45) is 4.30. The van der Waals surface area contributed by atoms with Crippen LogP contribution < -0.4 is 10.1 Å². The summed E-state index contributed by atoms with van der Waals surface area (Å²) in [5, 5.41) is 3.55. The van der Waals surface area contributed by atoms with E-state index in [9.17, 15) is 0 Å². The van der Waals surface area contributed by atoms with Crippen LogP contribution >= 0.6 is 0 Å². The van der Waals surface area contributed by atoms with Gasteiger partial charge in [-0.2, -0.15) is 0 Å². The molecule has 0 amide bonds. The Balaban J connectivity index is 1.94. The maximum Gasteiger partial charge on any atom is 0.126 e. The number of fused-ring (bicyclic) bond motifs is 1. The number of aryl methyl sites for hydroxylation is 1. The molecule has 104 valence electrons. The van der Waals surface area contributed by atoms with Crippen LogP contribution in [0, 0.1) is 31.6 Å². The van der Waals surface area contributed by atoms with Crippen molar-refractivity contribution in [2.24, 2.45) is 17.8 Å². The first-order chi connectivity index (χ1) is 9.19. The topological polar surface area (TPSA) is 21.3 Å². The highest BCUT2D eigenvalue weighted by atomic mass is 16.5. The van der Waals surface area contributed by atoms with Gasteiger partial charge in [0.1, 0.15) is 5.75 Å². The second-order valence-corrected chi connectivity index (χ2v) is 6.23. The summed E-state index contributed by atoms with van der Waals surface area (Å²) in [6, 6.07) is 4.95. The quantitative estimate of drug-likeness (QED) is 0.891. The molecule has 1 aromatic rings. The predicted molar refractivity (Wildman–Crippen MR) is 78.6 cm³/mol. The molecule has 2 aliphatic rings. The smallest absolute Gasteiger partial charge is 0.126 e. The number of methoxy groups -OCH3 is 1. The number of nitrogens with one attached hydrogen (secondary N) is 1. The van der Waals surface area contributed by atoms with Gasteiger partial charge in [0.05, 0.1) is 7.11 Å². The van der Waals surface area contributed by atoms with Gasteiger partial charge in [0.15, 0.2) is 0 Å². The van der Waals surface area contributed by atoms with Gasteiger partial charge < -0.3 is 10.1 Å². The number of ether oxygens (including phenoxy) is 1. The number of benzene rings is 1. The first kappa shape index (κ1) is 13.0. The zero-order valence-electron chi connectivity index (χ0n) is 12.5. The Bertz CT molecular complexity index is 472. The van der Waals surface area contributed by atoms with Crippen molar-refractivity contribution in [1.29, 1.82) is 0 Å². The Morgan fingerprint density at radius 3 is 2.47 bits per heavy atom. The molecule has 0 aliphatic heterocycles. The molecule has 2 aliphatic carbocycles. The van der Waals surface area contributed by atoms with Crippen LogP contribution in [-0.2, 0) is 0 Å². The summed E-state index contributed by atoms with van der Waals surface area (Å²) in [6.45, 7) is 4.32. The molecule has 2 heteroatoms. The van der Waals surface area contributed by atoms with E-state index in [1.54, 1.807) is 7.11 Å². The van der Waals surface area contributed by atoms with E-state index in [-0.39, 0.29) is 0 Å². The molecule has 3 rings (SSSR count). The van der Waals surface area contributed by atoms with Gasteiger partial charge >= 0.3 is 0 Å². The van der Waals surface area contributed by atoms with Gasteiger partial charge in [-0.1, -0.05) is 18.6 Å². The normalized spacial score (nSPS) is 30.0. The molecule has 2 saturated carbocycles. The van der Waals surface area contributed by atoms with Crippen molar-refractivity contribution >= 4 is 0 Å². The van der Waals surface area contributed by atoms with Crippen molar-refractivity contribution in [2.45, 2.75) is 39.2 Å². The Morgan fingerprint density at radius 1 is 1.21 bits per heavy atom. The van der Waals surface area contributed by atoms with Gasteiger partial charge in [-0.15, -0.1) is 0 Å². The number of hydrogen-bond donors (Lipinski definition) is 1. The Kier molecular flexibility index (Phi) is 3.30. The molecule has 3 atom stereocenters. The maximum absolute atomic E-state index is 5.70. The van der Waals surface area contributed by atoms with E-state index in [4.69, 9.17) is 4.74 Å². The Labute approximate surface area is 116 Å². The van der Waals surface area contributed by atoms with E-state index < -0.39 is 0 Å². The van der Waals surface area contributed by atoms with Crippen LogP contribution in [0.4, 0.5) is 0 Å². The Hall–Kier alpha value is -1.02. The standard InChI is InChI=1S/C17H25NO/c1-10-8-9-14(17(19-4)11(10)2)16(18-3)15-12-6-5-7-13(12)15/h8-9,12-13,15-16,18H,5-7H2,1-4H3. The number of hydrogen-bond acceptors (Lipinski definition) is 2. The van der Waals surface area contributed by atoms with Crippen LogP contribution in [0.1, 0.15) is 42.0 Å². The maximum atomic E-state index is 5.70. The third kappa shape index (κ3) is 1.97. The first-order valence-electron chi connectivity index (χ1n) is 7.50. The molecule has 3 unspecified atom stereocenters. The van der Waals surface area contributed by atoms with E-state index in [2.05, 4.69) is 38.3 Å². The highest BCUT2D eigenvalue weighted by molar-refractivity contribution is 5.47. The third-order valence-electron chi connectivity index (χ3n) is 5.42. The second-order valence-electron chi connectivity index (χ2n) is 6.23. The van der Waals surface area contributed by atoms with E-state index >= 15 is 0 Å². The highest BCUT2D eigenvalue weighted by Gasteiger charge is 2.56. The molecule has 2 nitrogen and oxygen atoms in total. The predicted octanol–water partition coefficient (Wildman–Crippen LogP) is 3.62. The lowest BCUT2D eigenvalue weighted by Gasteiger charge is -2.23. The molecule has 0 heterocycles. The molecular formula is C17H25NO. The molecule has 0 spiro atoms. The van der Waals surface area contributed by atoms with E-state index in [0.29, 0.717) is 6.04 Å². The summed E-state index contributed by atoms with van der Waals surface area (Å²) in [7, 11) is 3.89. The van der Waals surface area contributed by atoms with Crippen molar-refractivity contribution < 1.29 is 4.74 Å². The van der Waals surface area contributed by atoms with Crippen LogP contribution in [0.15, 0.2) is 12.1 Å². The first-order valence-corrected chi connectivity index (χ1v) is 7.50. The van der Waals surface area contributed by atoms with Gasteiger partial charge in [-0.3, -0.25) is 0 Å². The molecule has 0 radical (unpaired) electrons. The minimum Gasteiger partial charge on any atom is -0.496 e. The van der Waals surface area contributed by atoms with Gasteiger partial charge in [0, 0.05) is 11.6 Å². The zero-order valence-corrected chi connectivity index (χ0v) is 12.5. The Morgan fingerprint density at radius 2 is 1.89 bits per heavy atom. The van der Waals surface area contributed by atoms with Gasteiger partial charge in [0.2, 0.25) is 0 Å². The summed E-state index contributed by atoms with van der Waals surface area (Å²) in [5.41, 5.74) is 3.95. The lowest BCUT2D eigenvalue weighted by atomic mass is 9.93. The van der Waals surface area contributed by atoms with E-state index in [0.717, 1.165) is 23.5 Å². The van der Waals surface area contributed by atoms with Crippen molar-refractivity contribution in [2.75, 3.05) is 14.2 Å². The SMILES string of the molecule is CNC(c1ccc(C)c(C)c1OC)C1C2CCCC21. The summed E-state index contributed by atoms with van der Waals surface area (Å²) in [5.74, 6) is 3.84. The average Bonchev–Trinajstić information content (AvgIpc) is 2.87. The van der Waals surface area contributed by atoms with E-state index in [1.165, 1.54) is 36.0 Å². The summed E-state index contributed by atoms with van der Waals surface area (Å²) in [4.78, 5) is 0. The van der Waals surface area contributed by atoms with E-state index in [1.807, 2.05) is 0 Å². The van der Waals surface area contributed by atoms with Crippen LogP contribution in [-0.4, -0.2) is 14.2 Å². The molecule has 1 N–H and O–H groups in total. The summed E-state index contributed by atoms with van der Waals surface area (Å²) >= 11 is 0. The fourth-order valence-electron chi connectivity index (χ4n) is 4.25.